The van der Waals surface area contributed by atoms with Crippen LogP contribution in [-0.4, -0.2) is 15.8 Å². The molecule has 1 N–H and O–H groups in total. The summed E-state index contributed by atoms with van der Waals surface area (Å²) in [6.45, 7) is 6.19. The van der Waals surface area contributed by atoms with Crippen molar-refractivity contribution in [3.05, 3.63) is 53.9 Å². The molecule has 0 spiro atoms. The van der Waals surface area contributed by atoms with E-state index < -0.39 is 0 Å². The van der Waals surface area contributed by atoms with Crippen molar-refractivity contribution in [3.63, 3.8) is 0 Å². The maximum Gasteiger partial charge on any atom is 0.0522 e. The van der Waals surface area contributed by atoms with Gasteiger partial charge in [-0.2, -0.15) is 5.10 Å². The van der Waals surface area contributed by atoms with Crippen molar-refractivity contribution in [2.24, 2.45) is 0 Å². The third kappa shape index (κ3) is 4.21. The Bertz CT molecular complexity index is 476. The fraction of sp³-hybridized carbons (Fsp3) is 0.438. The molecule has 0 aliphatic rings. The molecule has 1 heterocycles. The summed E-state index contributed by atoms with van der Waals surface area (Å²) in [4.78, 5) is 0. The lowest BCUT2D eigenvalue weighted by Gasteiger charge is -2.14. The lowest BCUT2D eigenvalue weighted by atomic mass is 10.1. The number of rotatable bonds is 7. The second-order valence-corrected chi connectivity index (χ2v) is 4.94. The zero-order valence-electron chi connectivity index (χ0n) is 11.8. The van der Waals surface area contributed by atoms with E-state index in [9.17, 15) is 0 Å². The van der Waals surface area contributed by atoms with Gasteiger partial charge in [0.05, 0.1) is 5.69 Å². The van der Waals surface area contributed by atoms with Crippen LogP contribution in [0.4, 0.5) is 0 Å². The molecule has 3 heteroatoms. The number of aromatic nitrogens is 2. The highest BCUT2D eigenvalue weighted by molar-refractivity contribution is 5.14. The summed E-state index contributed by atoms with van der Waals surface area (Å²) in [6, 6.07) is 13.3. The fourth-order valence-corrected chi connectivity index (χ4v) is 2.20. The number of hydrogen-bond donors (Lipinski definition) is 1. The highest BCUT2D eigenvalue weighted by atomic mass is 15.3. The molecule has 1 aromatic carbocycles. The average Bonchev–Trinajstić information content (AvgIpc) is 2.91. The van der Waals surface area contributed by atoms with Gasteiger partial charge in [-0.05, 0) is 38.3 Å². The molecule has 19 heavy (non-hydrogen) atoms. The molecule has 0 amide bonds. The first kappa shape index (κ1) is 13.8. The Kier molecular flexibility index (Phi) is 5.16. The molecule has 102 valence electrons. The molecule has 2 aromatic rings. The molecule has 3 nitrogen and oxygen atoms in total. The minimum absolute atomic E-state index is 0.514. The van der Waals surface area contributed by atoms with Crippen molar-refractivity contribution in [3.8, 4) is 0 Å². The van der Waals surface area contributed by atoms with Crippen LogP contribution in [0.1, 0.15) is 31.5 Å². The SMILES string of the molecule is CCn1nccc1CNC(C)CCc1ccccc1. The number of benzene rings is 1. The Morgan fingerprint density at radius 2 is 2.00 bits per heavy atom. The van der Waals surface area contributed by atoms with Crippen molar-refractivity contribution in [1.82, 2.24) is 15.1 Å². The highest BCUT2D eigenvalue weighted by Gasteiger charge is 2.05. The van der Waals surface area contributed by atoms with Crippen molar-refractivity contribution in [2.45, 2.75) is 45.8 Å². The standard InChI is InChI=1S/C16H23N3/c1-3-19-16(11-12-18-19)13-17-14(2)9-10-15-7-5-4-6-8-15/h4-8,11-12,14,17H,3,9-10,13H2,1-2H3. The molecule has 0 saturated heterocycles. The minimum Gasteiger partial charge on any atom is -0.309 e. The van der Waals surface area contributed by atoms with Gasteiger partial charge in [-0.1, -0.05) is 30.3 Å². The van der Waals surface area contributed by atoms with Gasteiger partial charge in [0.25, 0.3) is 0 Å². The molecule has 1 aromatic heterocycles. The van der Waals surface area contributed by atoms with Crippen molar-refractivity contribution < 1.29 is 0 Å². The summed E-state index contributed by atoms with van der Waals surface area (Å²) in [5, 5.41) is 7.85. The molecule has 0 bridgehead atoms. The van der Waals surface area contributed by atoms with Crippen LogP contribution < -0.4 is 5.32 Å². The van der Waals surface area contributed by atoms with Gasteiger partial charge in [-0.15, -0.1) is 0 Å². The van der Waals surface area contributed by atoms with E-state index in [0.717, 1.165) is 25.9 Å². The normalized spacial score (nSPS) is 12.5. The topological polar surface area (TPSA) is 29.9 Å². The Hall–Kier alpha value is -1.61. The Labute approximate surface area is 115 Å². The number of nitrogens with one attached hydrogen (secondary N) is 1. The Morgan fingerprint density at radius 3 is 2.74 bits per heavy atom. The maximum atomic E-state index is 4.28. The van der Waals surface area contributed by atoms with Crippen LogP contribution in [0.2, 0.25) is 0 Å². The number of hydrogen-bond acceptors (Lipinski definition) is 2. The van der Waals surface area contributed by atoms with Gasteiger partial charge in [-0.3, -0.25) is 4.68 Å². The zero-order valence-corrected chi connectivity index (χ0v) is 11.8. The predicted octanol–water partition coefficient (Wildman–Crippen LogP) is 3.01. The first-order chi connectivity index (χ1) is 9.29. The average molecular weight is 257 g/mol. The van der Waals surface area contributed by atoms with Crippen LogP contribution in [-0.2, 0) is 19.5 Å². The van der Waals surface area contributed by atoms with Crippen molar-refractivity contribution >= 4 is 0 Å². The van der Waals surface area contributed by atoms with Crippen LogP contribution in [0, 0.1) is 0 Å². The van der Waals surface area contributed by atoms with Crippen LogP contribution >= 0.6 is 0 Å². The van der Waals surface area contributed by atoms with E-state index in [1.807, 2.05) is 10.9 Å². The third-order valence-electron chi connectivity index (χ3n) is 3.44. The van der Waals surface area contributed by atoms with E-state index in [4.69, 9.17) is 0 Å². The lowest BCUT2D eigenvalue weighted by Crippen LogP contribution is -2.27. The zero-order chi connectivity index (χ0) is 13.5. The summed E-state index contributed by atoms with van der Waals surface area (Å²) < 4.78 is 2.04. The Balaban J connectivity index is 1.74. The largest absolute Gasteiger partial charge is 0.309 e. The summed E-state index contributed by atoms with van der Waals surface area (Å²) >= 11 is 0. The van der Waals surface area contributed by atoms with E-state index in [1.54, 1.807) is 0 Å². The molecule has 0 fully saturated rings. The summed E-state index contributed by atoms with van der Waals surface area (Å²) in [5.74, 6) is 0. The van der Waals surface area contributed by atoms with Crippen LogP contribution in [0.5, 0.6) is 0 Å². The maximum absolute atomic E-state index is 4.28. The molecule has 2 rings (SSSR count). The predicted molar refractivity (Wildman–Crippen MR) is 79.0 cm³/mol. The second-order valence-electron chi connectivity index (χ2n) is 4.94. The first-order valence-corrected chi connectivity index (χ1v) is 7.07. The summed E-state index contributed by atoms with van der Waals surface area (Å²) in [6.07, 6.45) is 4.15. The van der Waals surface area contributed by atoms with Crippen molar-refractivity contribution in [2.75, 3.05) is 0 Å². The van der Waals surface area contributed by atoms with E-state index >= 15 is 0 Å². The smallest absolute Gasteiger partial charge is 0.0522 e. The molecular weight excluding hydrogens is 234 g/mol. The van der Waals surface area contributed by atoms with E-state index in [1.165, 1.54) is 11.3 Å². The summed E-state index contributed by atoms with van der Waals surface area (Å²) in [7, 11) is 0. The van der Waals surface area contributed by atoms with Crippen LogP contribution in [0.25, 0.3) is 0 Å². The number of aryl methyl sites for hydroxylation is 2. The molecule has 0 aliphatic heterocycles. The van der Waals surface area contributed by atoms with E-state index in [0.29, 0.717) is 6.04 Å². The van der Waals surface area contributed by atoms with Gasteiger partial charge in [0.1, 0.15) is 0 Å². The second kappa shape index (κ2) is 7.10. The van der Waals surface area contributed by atoms with Gasteiger partial charge in [-0.25, -0.2) is 0 Å². The fourth-order valence-electron chi connectivity index (χ4n) is 2.20. The third-order valence-corrected chi connectivity index (χ3v) is 3.44. The molecule has 0 saturated carbocycles. The molecule has 1 atom stereocenters. The monoisotopic (exact) mass is 257 g/mol. The Morgan fingerprint density at radius 1 is 1.21 bits per heavy atom. The molecule has 0 aliphatic carbocycles. The van der Waals surface area contributed by atoms with Crippen LogP contribution in [0.3, 0.4) is 0 Å². The van der Waals surface area contributed by atoms with Gasteiger partial charge >= 0.3 is 0 Å². The van der Waals surface area contributed by atoms with Gasteiger partial charge in [0.2, 0.25) is 0 Å². The molecular formula is C16H23N3. The summed E-state index contributed by atoms with van der Waals surface area (Å²) in [5.41, 5.74) is 2.67. The quantitative estimate of drug-likeness (QED) is 0.826. The van der Waals surface area contributed by atoms with Crippen molar-refractivity contribution in [1.29, 1.82) is 0 Å². The van der Waals surface area contributed by atoms with E-state index in [2.05, 4.69) is 60.7 Å². The number of nitrogens with zero attached hydrogens (tertiary/aromatic N) is 2. The van der Waals surface area contributed by atoms with Gasteiger partial charge in [0.15, 0.2) is 0 Å². The minimum atomic E-state index is 0.514. The first-order valence-electron chi connectivity index (χ1n) is 7.07. The van der Waals surface area contributed by atoms with Gasteiger partial charge < -0.3 is 5.32 Å². The van der Waals surface area contributed by atoms with Gasteiger partial charge in [0, 0.05) is 25.3 Å². The molecule has 0 radical (unpaired) electrons. The van der Waals surface area contributed by atoms with E-state index in [-0.39, 0.29) is 0 Å². The highest BCUT2D eigenvalue weighted by Crippen LogP contribution is 2.06. The van der Waals surface area contributed by atoms with Crippen LogP contribution in [0.15, 0.2) is 42.6 Å². The lowest BCUT2D eigenvalue weighted by molar-refractivity contribution is 0.492. The molecule has 1 unspecified atom stereocenters.